The van der Waals surface area contributed by atoms with Gasteiger partial charge >= 0.3 is 6.01 Å². The molecule has 0 radical (unpaired) electrons. The molecule has 1 atom stereocenters. The van der Waals surface area contributed by atoms with E-state index in [4.69, 9.17) is 10.2 Å². The van der Waals surface area contributed by atoms with E-state index in [1.807, 2.05) is 0 Å². The zero-order valence-electron chi connectivity index (χ0n) is 10.2. The van der Waals surface area contributed by atoms with Gasteiger partial charge in [-0.25, -0.2) is 0 Å². The lowest BCUT2D eigenvalue weighted by Crippen LogP contribution is -2.25. The first-order chi connectivity index (χ1) is 7.50. The van der Waals surface area contributed by atoms with Crippen molar-refractivity contribution in [2.45, 2.75) is 33.7 Å². The van der Waals surface area contributed by atoms with Crippen molar-refractivity contribution in [2.75, 3.05) is 18.0 Å². The van der Waals surface area contributed by atoms with E-state index in [0.717, 1.165) is 13.1 Å². The minimum absolute atomic E-state index is 0.309. The van der Waals surface area contributed by atoms with Gasteiger partial charge in [0.05, 0.1) is 6.54 Å². The average molecular weight is 224 g/mol. The summed E-state index contributed by atoms with van der Waals surface area (Å²) in [5.74, 6) is 1.19. The van der Waals surface area contributed by atoms with Gasteiger partial charge in [0.25, 0.3) is 0 Å². The Hall–Kier alpha value is -1.10. The largest absolute Gasteiger partial charge is 0.407 e. The van der Waals surface area contributed by atoms with Gasteiger partial charge in [0.1, 0.15) is 0 Å². The van der Waals surface area contributed by atoms with Crippen LogP contribution in [0.3, 0.4) is 0 Å². The highest BCUT2D eigenvalue weighted by Crippen LogP contribution is 2.35. The third-order valence-corrected chi connectivity index (χ3v) is 3.31. The van der Waals surface area contributed by atoms with Crippen LogP contribution in [0.5, 0.6) is 0 Å². The third kappa shape index (κ3) is 2.19. The van der Waals surface area contributed by atoms with E-state index in [1.165, 1.54) is 6.42 Å². The standard InChI is InChI=1S/C11H20N4O/c1-11(2,3)8-4-5-15(7-8)10-14-13-9(6-12)16-10/h8H,4-7,12H2,1-3H3. The van der Waals surface area contributed by atoms with Crippen LogP contribution in [0.4, 0.5) is 6.01 Å². The van der Waals surface area contributed by atoms with Gasteiger partial charge in [0.15, 0.2) is 0 Å². The average Bonchev–Trinajstić information content (AvgIpc) is 2.85. The second-order valence-electron chi connectivity index (χ2n) is 5.48. The van der Waals surface area contributed by atoms with Crippen LogP contribution < -0.4 is 10.6 Å². The van der Waals surface area contributed by atoms with E-state index < -0.39 is 0 Å². The predicted molar refractivity (Wildman–Crippen MR) is 62.0 cm³/mol. The lowest BCUT2D eigenvalue weighted by atomic mass is 9.80. The zero-order valence-corrected chi connectivity index (χ0v) is 10.2. The Kier molecular flexibility index (Phi) is 2.88. The monoisotopic (exact) mass is 224 g/mol. The molecule has 1 unspecified atom stereocenters. The summed E-state index contributed by atoms with van der Waals surface area (Å²) in [7, 11) is 0. The lowest BCUT2D eigenvalue weighted by molar-refractivity contribution is 0.263. The van der Waals surface area contributed by atoms with Crippen molar-refractivity contribution < 1.29 is 4.42 Å². The SMILES string of the molecule is CC(C)(C)C1CCN(c2nnc(CN)o2)C1. The molecule has 1 aliphatic heterocycles. The second-order valence-corrected chi connectivity index (χ2v) is 5.48. The molecule has 1 aromatic heterocycles. The molecule has 0 saturated carbocycles. The Labute approximate surface area is 96.0 Å². The number of nitrogens with zero attached hydrogens (tertiary/aromatic N) is 3. The van der Waals surface area contributed by atoms with E-state index in [2.05, 4.69) is 35.9 Å². The molecule has 16 heavy (non-hydrogen) atoms. The Morgan fingerprint density at radius 2 is 2.19 bits per heavy atom. The summed E-state index contributed by atoms with van der Waals surface area (Å²) in [5.41, 5.74) is 5.78. The smallest absolute Gasteiger partial charge is 0.318 e. The normalized spacial score (nSPS) is 21.8. The topological polar surface area (TPSA) is 68.2 Å². The molecular weight excluding hydrogens is 204 g/mol. The third-order valence-electron chi connectivity index (χ3n) is 3.31. The first-order valence-electron chi connectivity index (χ1n) is 5.78. The van der Waals surface area contributed by atoms with Crippen molar-refractivity contribution in [3.05, 3.63) is 5.89 Å². The van der Waals surface area contributed by atoms with Gasteiger partial charge in [-0.15, -0.1) is 5.10 Å². The maximum absolute atomic E-state index is 5.46. The van der Waals surface area contributed by atoms with Gasteiger partial charge in [-0.2, -0.15) is 0 Å². The highest BCUT2D eigenvalue weighted by molar-refractivity contribution is 5.26. The lowest BCUT2D eigenvalue weighted by Gasteiger charge is -2.26. The van der Waals surface area contributed by atoms with Gasteiger partial charge in [-0.05, 0) is 17.8 Å². The Morgan fingerprint density at radius 1 is 1.44 bits per heavy atom. The van der Waals surface area contributed by atoms with Crippen LogP contribution >= 0.6 is 0 Å². The molecule has 90 valence electrons. The van der Waals surface area contributed by atoms with E-state index >= 15 is 0 Å². The van der Waals surface area contributed by atoms with Crippen LogP contribution in [-0.2, 0) is 6.54 Å². The summed E-state index contributed by atoms with van der Waals surface area (Å²) in [6, 6.07) is 0.618. The number of anilines is 1. The van der Waals surface area contributed by atoms with Crippen molar-refractivity contribution >= 4 is 6.01 Å². The summed E-state index contributed by atoms with van der Waals surface area (Å²) >= 11 is 0. The van der Waals surface area contributed by atoms with E-state index in [9.17, 15) is 0 Å². The fourth-order valence-electron chi connectivity index (χ4n) is 2.10. The van der Waals surface area contributed by atoms with Crippen LogP contribution in [0.2, 0.25) is 0 Å². The van der Waals surface area contributed by atoms with Crippen LogP contribution in [0.15, 0.2) is 4.42 Å². The van der Waals surface area contributed by atoms with Crippen molar-refractivity contribution in [3.8, 4) is 0 Å². The van der Waals surface area contributed by atoms with Crippen LogP contribution in [0, 0.1) is 11.3 Å². The molecule has 0 spiro atoms. The van der Waals surface area contributed by atoms with Crippen LogP contribution in [0.1, 0.15) is 33.1 Å². The van der Waals surface area contributed by atoms with Crippen LogP contribution in [-0.4, -0.2) is 23.3 Å². The molecule has 0 aromatic carbocycles. The fourth-order valence-corrected chi connectivity index (χ4v) is 2.10. The molecule has 0 amide bonds. The molecule has 0 aliphatic carbocycles. The minimum Gasteiger partial charge on any atom is -0.407 e. The highest BCUT2D eigenvalue weighted by atomic mass is 16.4. The number of nitrogens with two attached hydrogens (primary N) is 1. The van der Waals surface area contributed by atoms with Gasteiger partial charge in [-0.3, -0.25) is 0 Å². The molecule has 0 bridgehead atoms. The molecule has 5 heteroatoms. The number of hydrogen-bond acceptors (Lipinski definition) is 5. The maximum atomic E-state index is 5.46. The van der Waals surface area contributed by atoms with Gasteiger partial charge in [0, 0.05) is 13.1 Å². The number of aromatic nitrogens is 2. The molecule has 1 saturated heterocycles. The quantitative estimate of drug-likeness (QED) is 0.822. The van der Waals surface area contributed by atoms with Crippen molar-refractivity contribution in [2.24, 2.45) is 17.1 Å². The Balaban J connectivity index is 2.03. The summed E-state index contributed by atoms with van der Waals surface area (Å²) in [5, 5.41) is 7.90. The number of rotatable bonds is 2. The molecule has 5 nitrogen and oxygen atoms in total. The van der Waals surface area contributed by atoms with Gasteiger partial charge in [0.2, 0.25) is 5.89 Å². The van der Waals surface area contributed by atoms with Crippen molar-refractivity contribution in [3.63, 3.8) is 0 Å². The number of hydrogen-bond donors (Lipinski definition) is 1. The zero-order chi connectivity index (χ0) is 11.8. The van der Waals surface area contributed by atoms with Crippen molar-refractivity contribution in [1.29, 1.82) is 0 Å². The van der Waals surface area contributed by atoms with E-state index in [1.54, 1.807) is 0 Å². The molecule has 2 heterocycles. The summed E-state index contributed by atoms with van der Waals surface area (Å²) < 4.78 is 5.46. The molecule has 1 fully saturated rings. The van der Waals surface area contributed by atoms with Gasteiger partial charge in [-0.1, -0.05) is 25.9 Å². The first kappa shape index (κ1) is 11.4. The maximum Gasteiger partial charge on any atom is 0.318 e. The summed E-state index contributed by atoms with van der Waals surface area (Å²) in [6.45, 7) is 9.13. The van der Waals surface area contributed by atoms with E-state index in [0.29, 0.717) is 29.8 Å². The Bertz CT molecular complexity index is 355. The fraction of sp³-hybridized carbons (Fsp3) is 0.818. The Morgan fingerprint density at radius 3 is 2.69 bits per heavy atom. The predicted octanol–water partition coefficient (Wildman–Crippen LogP) is 1.40. The molecule has 1 aliphatic rings. The van der Waals surface area contributed by atoms with Gasteiger partial charge < -0.3 is 15.1 Å². The summed E-state index contributed by atoms with van der Waals surface area (Å²) in [4.78, 5) is 2.15. The first-order valence-corrected chi connectivity index (χ1v) is 5.78. The summed E-state index contributed by atoms with van der Waals surface area (Å²) in [6.07, 6.45) is 1.18. The van der Waals surface area contributed by atoms with Crippen LogP contribution in [0.25, 0.3) is 0 Å². The molecule has 2 rings (SSSR count). The molecular formula is C11H20N4O. The highest BCUT2D eigenvalue weighted by Gasteiger charge is 2.33. The minimum atomic E-state index is 0.309. The van der Waals surface area contributed by atoms with E-state index in [-0.39, 0.29) is 0 Å². The van der Waals surface area contributed by atoms with Crippen molar-refractivity contribution in [1.82, 2.24) is 10.2 Å². The molecule has 1 aromatic rings. The second kappa shape index (κ2) is 4.05. The molecule has 2 N–H and O–H groups in total.